The number of benzene rings is 1. The SMILES string of the molecule is O=C(COC1CCC(N([N+](=O)[O-])C(F)(F)F)CC1)N1CCN(Cc2nc3cc(C(F)(F)F)ccc3s2)CC1. The molecular formula is C22H25F6N5O4S. The maximum absolute atomic E-state index is 12.9. The lowest BCUT2D eigenvalue weighted by atomic mass is 9.92. The molecule has 210 valence electrons. The van der Waals surface area contributed by atoms with E-state index in [-0.39, 0.29) is 38.2 Å². The maximum Gasteiger partial charge on any atom is 0.536 e. The molecule has 1 aliphatic heterocycles. The second-order valence-corrected chi connectivity index (χ2v) is 10.4. The first-order chi connectivity index (χ1) is 17.8. The molecule has 1 aliphatic carbocycles. The second kappa shape index (κ2) is 11.2. The van der Waals surface area contributed by atoms with E-state index in [4.69, 9.17) is 4.74 Å². The molecule has 9 nitrogen and oxygen atoms in total. The van der Waals surface area contributed by atoms with Crippen LogP contribution < -0.4 is 0 Å². The van der Waals surface area contributed by atoms with E-state index in [0.29, 0.717) is 47.9 Å². The van der Waals surface area contributed by atoms with Crippen LogP contribution in [0.2, 0.25) is 0 Å². The highest BCUT2D eigenvalue weighted by Crippen LogP contribution is 2.34. The fourth-order valence-electron chi connectivity index (χ4n) is 4.74. The number of nitrogens with zero attached hydrogens (tertiary/aromatic N) is 5. The Hall–Kier alpha value is -2.72. The molecule has 1 saturated carbocycles. The van der Waals surface area contributed by atoms with Crippen molar-refractivity contribution in [3.8, 4) is 0 Å². The quantitative estimate of drug-likeness (QED) is 0.213. The van der Waals surface area contributed by atoms with Gasteiger partial charge in [0.1, 0.15) is 17.7 Å². The zero-order valence-electron chi connectivity index (χ0n) is 20.0. The molecule has 2 heterocycles. The summed E-state index contributed by atoms with van der Waals surface area (Å²) in [5, 5.41) is 9.39. The number of carbonyl (C=O) groups is 1. The van der Waals surface area contributed by atoms with Crippen LogP contribution in [-0.4, -0.2) is 82.0 Å². The van der Waals surface area contributed by atoms with Gasteiger partial charge < -0.3 is 9.64 Å². The number of amides is 1. The Bertz CT molecular complexity index is 1140. The molecular weight excluding hydrogens is 544 g/mol. The average Bonchev–Trinajstić information content (AvgIpc) is 3.24. The Morgan fingerprint density at radius 2 is 1.76 bits per heavy atom. The molecule has 16 heteroatoms. The molecule has 38 heavy (non-hydrogen) atoms. The van der Waals surface area contributed by atoms with Crippen molar-refractivity contribution in [3.05, 3.63) is 38.9 Å². The van der Waals surface area contributed by atoms with Crippen LogP contribution in [0.15, 0.2) is 18.2 Å². The van der Waals surface area contributed by atoms with Crippen molar-refractivity contribution in [1.29, 1.82) is 0 Å². The van der Waals surface area contributed by atoms with Crippen LogP contribution in [0.5, 0.6) is 0 Å². The minimum atomic E-state index is -5.07. The lowest BCUT2D eigenvalue weighted by molar-refractivity contribution is -0.717. The van der Waals surface area contributed by atoms with E-state index >= 15 is 0 Å². The number of piperazine rings is 1. The largest absolute Gasteiger partial charge is 0.536 e. The molecule has 0 bridgehead atoms. The summed E-state index contributed by atoms with van der Waals surface area (Å²) in [6.07, 6.45) is -9.73. The Morgan fingerprint density at radius 1 is 1.11 bits per heavy atom. The van der Waals surface area contributed by atoms with Crippen molar-refractivity contribution in [3.63, 3.8) is 0 Å². The van der Waals surface area contributed by atoms with E-state index in [2.05, 4.69) is 9.88 Å². The third-order valence-corrected chi connectivity index (χ3v) is 7.73. The Morgan fingerprint density at radius 3 is 2.34 bits per heavy atom. The molecule has 0 N–H and O–H groups in total. The number of hydrogen-bond donors (Lipinski definition) is 0. The summed E-state index contributed by atoms with van der Waals surface area (Å²) in [6, 6.07) is 2.21. The monoisotopic (exact) mass is 569 g/mol. The summed E-state index contributed by atoms with van der Waals surface area (Å²) >= 11 is 1.32. The summed E-state index contributed by atoms with van der Waals surface area (Å²) < 4.78 is 83.8. The predicted octanol–water partition coefficient (Wildman–Crippen LogP) is 4.30. The van der Waals surface area contributed by atoms with E-state index in [0.717, 1.165) is 12.1 Å². The summed E-state index contributed by atoms with van der Waals surface area (Å²) in [7, 11) is 0. The van der Waals surface area contributed by atoms with Crippen molar-refractivity contribution in [2.45, 2.75) is 56.9 Å². The Labute approximate surface area is 217 Å². The molecule has 1 saturated heterocycles. The van der Waals surface area contributed by atoms with E-state index in [1.54, 1.807) is 4.90 Å². The summed E-state index contributed by atoms with van der Waals surface area (Å²) in [5.74, 6) is -0.256. The third-order valence-electron chi connectivity index (χ3n) is 6.71. The topological polar surface area (TPSA) is 92.0 Å². The van der Waals surface area contributed by atoms with Gasteiger partial charge in [0.25, 0.3) is 0 Å². The van der Waals surface area contributed by atoms with Gasteiger partial charge in [-0.1, -0.05) is 0 Å². The van der Waals surface area contributed by atoms with Crippen LogP contribution in [0, 0.1) is 10.1 Å². The van der Waals surface area contributed by atoms with Crippen molar-refractivity contribution in [1.82, 2.24) is 19.8 Å². The van der Waals surface area contributed by atoms with E-state index < -0.39 is 40.2 Å². The highest BCUT2D eigenvalue weighted by molar-refractivity contribution is 7.18. The van der Waals surface area contributed by atoms with Crippen LogP contribution in [0.1, 0.15) is 36.3 Å². The van der Waals surface area contributed by atoms with Gasteiger partial charge in [0.2, 0.25) is 5.91 Å². The number of nitro groups is 1. The van der Waals surface area contributed by atoms with Crippen LogP contribution in [-0.2, 0) is 22.3 Å². The van der Waals surface area contributed by atoms with E-state index in [1.807, 2.05) is 0 Å². The zero-order valence-corrected chi connectivity index (χ0v) is 20.8. The third kappa shape index (κ3) is 6.83. The lowest BCUT2D eigenvalue weighted by Gasteiger charge is -2.35. The first-order valence-electron chi connectivity index (χ1n) is 11.9. The predicted molar refractivity (Wildman–Crippen MR) is 123 cm³/mol. The fraction of sp³-hybridized carbons (Fsp3) is 0.636. The molecule has 0 unspecified atom stereocenters. The molecule has 2 fully saturated rings. The van der Waals surface area contributed by atoms with Crippen molar-refractivity contribution >= 4 is 27.5 Å². The van der Waals surface area contributed by atoms with Crippen LogP contribution in [0.25, 0.3) is 10.2 Å². The molecule has 2 aromatic rings. The Kier molecular flexibility index (Phi) is 8.32. The van der Waals surface area contributed by atoms with Gasteiger partial charge in [0, 0.05) is 26.2 Å². The lowest BCUT2D eigenvalue weighted by Crippen LogP contribution is -2.51. The zero-order chi connectivity index (χ0) is 27.7. The number of halogens is 6. The Balaban J connectivity index is 1.20. The van der Waals surface area contributed by atoms with Gasteiger partial charge in [-0.2, -0.15) is 13.2 Å². The normalized spacial score (nSPS) is 21.6. The number of fused-ring (bicyclic) bond motifs is 1. The number of rotatable bonds is 7. The number of aromatic nitrogens is 1. The summed E-state index contributed by atoms with van der Waals surface area (Å²) in [6.45, 7) is 2.13. The summed E-state index contributed by atoms with van der Waals surface area (Å²) in [4.78, 5) is 31.4. The van der Waals surface area contributed by atoms with Gasteiger partial charge in [-0.3, -0.25) is 9.69 Å². The standard InChI is InChI=1S/C22H25F6N5O4S/c23-21(24,25)14-1-6-18-17(11-14)29-19(38-18)12-30-7-9-31(10-8-30)20(34)13-37-16-4-2-15(3-5-16)32(33(35)36)22(26,27)28/h1,6,11,15-16H,2-5,7-10,12-13H2. The first kappa shape index (κ1) is 28.3. The van der Waals surface area contributed by atoms with Crippen LogP contribution >= 0.6 is 11.3 Å². The maximum atomic E-state index is 12.9. The minimum Gasteiger partial charge on any atom is -0.368 e. The van der Waals surface area contributed by atoms with Gasteiger partial charge in [-0.05, 0) is 48.9 Å². The molecule has 0 atom stereocenters. The van der Waals surface area contributed by atoms with Crippen LogP contribution in [0.4, 0.5) is 26.3 Å². The van der Waals surface area contributed by atoms with Gasteiger partial charge in [-0.25, -0.2) is 15.1 Å². The fourth-order valence-corrected chi connectivity index (χ4v) is 5.73. The van der Waals surface area contributed by atoms with Crippen molar-refractivity contribution in [2.75, 3.05) is 32.8 Å². The number of hydrazine groups is 1. The molecule has 1 aromatic carbocycles. The number of thiazole rings is 1. The summed E-state index contributed by atoms with van der Waals surface area (Å²) in [5.41, 5.74) is -0.451. The van der Waals surface area contributed by atoms with E-state index in [1.165, 1.54) is 17.4 Å². The molecule has 0 radical (unpaired) electrons. The van der Waals surface area contributed by atoms with Crippen LogP contribution in [0.3, 0.4) is 0 Å². The number of carbonyl (C=O) groups excluding carboxylic acids is 1. The number of ether oxygens (including phenoxy) is 1. The molecule has 0 spiro atoms. The molecule has 2 aliphatic rings. The second-order valence-electron chi connectivity index (χ2n) is 9.24. The smallest absolute Gasteiger partial charge is 0.368 e. The molecule has 1 aromatic heterocycles. The first-order valence-corrected chi connectivity index (χ1v) is 12.7. The molecule has 4 rings (SSSR count). The minimum absolute atomic E-state index is 0.0681. The average molecular weight is 570 g/mol. The van der Waals surface area contributed by atoms with Gasteiger partial charge >= 0.3 is 12.5 Å². The van der Waals surface area contributed by atoms with Crippen molar-refractivity contribution in [2.24, 2.45) is 0 Å². The molecule has 1 amide bonds. The van der Waals surface area contributed by atoms with E-state index in [9.17, 15) is 41.3 Å². The number of hydrogen-bond acceptors (Lipinski definition) is 7. The van der Waals surface area contributed by atoms with Gasteiger partial charge in [-0.15, -0.1) is 24.5 Å². The number of alkyl halides is 6. The highest BCUT2D eigenvalue weighted by atomic mass is 32.1. The van der Waals surface area contributed by atoms with Gasteiger partial charge in [0.05, 0.1) is 28.4 Å². The van der Waals surface area contributed by atoms with Gasteiger partial charge in [0.15, 0.2) is 5.03 Å². The highest BCUT2D eigenvalue weighted by Gasteiger charge is 2.51. The van der Waals surface area contributed by atoms with Crippen molar-refractivity contribution < 1.29 is 40.9 Å².